The fraction of sp³-hybridized carbons (Fsp3) is 0.429. The Labute approximate surface area is 107 Å². The van der Waals surface area contributed by atoms with Crippen LogP contribution in [0.25, 0.3) is 0 Å². The van der Waals surface area contributed by atoms with Crippen molar-refractivity contribution < 1.29 is 19.1 Å². The van der Waals surface area contributed by atoms with Gasteiger partial charge in [-0.25, -0.2) is 0 Å². The number of aryl methyl sites for hydroxylation is 1. The molecule has 0 bridgehead atoms. The topological polar surface area (TPSA) is 52.6 Å². The normalized spacial score (nSPS) is 9.89. The molecule has 1 aromatic rings. The molecule has 98 valence electrons. The lowest BCUT2D eigenvalue weighted by molar-refractivity contribution is -0.141. The van der Waals surface area contributed by atoms with E-state index in [1.807, 2.05) is 24.3 Å². The Morgan fingerprint density at radius 3 is 2.44 bits per heavy atom. The standard InChI is InChI=1S/C14H18O4/c1-17-13-6-4-3-5-11(13)7-8-12(15)9-10-14(16)18-2/h3-6H,7-10H2,1-2H3. The lowest BCUT2D eigenvalue weighted by Crippen LogP contribution is -2.06. The highest BCUT2D eigenvalue weighted by atomic mass is 16.5. The van der Waals surface area contributed by atoms with E-state index in [9.17, 15) is 9.59 Å². The van der Waals surface area contributed by atoms with Crippen molar-refractivity contribution in [3.8, 4) is 5.75 Å². The van der Waals surface area contributed by atoms with Crippen LogP contribution in [0.15, 0.2) is 24.3 Å². The molecule has 0 fully saturated rings. The summed E-state index contributed by atoms with van der Waals surface area (Å²) < 4.78 is 9.70. The number of ketones is 1. The molecule has 0 N–H and O–H groups in total. The predicted molar refractivity (Wildman–Crippen MR) is 67.6 cm³/mol. The van der Waals surface area contributed by atoms with E-state index < -0.39 is 0 Å². The fourth-order valence-corrected chi connectivity index (χ4v) is 1.65. The number of para-hydroxylation sites is 1. The average Bonchev–Trinajstić information content (AvgIpc) is 2.42. The molecule has 0 unspecified atom stereocenters. The molecule has 4 nitrogen and oxygen atoms in total. The van der Waals surface area contributed by atoms with Crippen LogP contribution in [0.2, 0.25) is 0 Å². The van der Waals surface area contributed by atoms with E-state index in [2.05, 4.69) is 4.74 Å². The second-order valence-corrected chi connectivity index (χ2v) is 3.93. The maximum atomic E-state index is 11.6. The zero-order valence-corrected chi connectivity index (χ0v) is 10.8. The van der Waals surface area contributed by atoms with Crippen LogP contribution in [0, 0.1) is 0 Å². The van der Waals surface area contributed by atoms with Gasteiger partial charge in [-0.3, -0.25) is 9.59 Å². The smallest absolute Gasteiger partial charge is 0.305 e. The van der Waals surface area contributed by atoms with Crippen molar-refractivity contribution in [2.75, 3.05) is 14.2 Å². The second kappa shape index (κ2) is 7.48. The number of esters is 1. The van der Waals surface area contributed by atoms with Gasteiger partial charge < -0.3 is 9.47 Å². The summed E-state index contributed by atoms with van der Waals surface area (Å²) in [5, 5.41) is 0. The molecule has 1 rings (SSSR count). The Bertz CT molecular complexity index is 412. The summed E-state index contributed by atoms with van der Waals surface area (Å²) in [6.45, 7) is 0. The molecular weight excluding hydrogens is 232 g/mol. The lowest BCUT2D eigenvalue weighted by atomic mass is 10.0. The molecule has 0 aliphatic carbocycles. The second-order valence-electron chi connectivity index (χ2n) is 3.93. The van der Waals surface area contributed by atoms with Crippen LogP contribution in [0.4, 0.5) is 0 Å². The minimum absolute atomic E-state index is 0.0614. The van der Waals surface area contributed by atoms with E-state index in [-0.39, 0.29) is 24.6 Å². The molecular formula is C14H18O4. The number of carbonyl (C=O) groups excluding carboxylic acids is 2. The number of carbonyl (C=O) groups is 2. The third-order valence-electron chi connectivity index (χ3n) is 2.70. The summed E-state index contributed by atoms with van der Waals surface area (Å²) in [5.74, 6) is 0.505. The van der Waals surface area contributed by atoms with Crippen LogP contribution in [-0.4, -0.2) is 26.0 Å². The van der Waals surface area contributed by atoms with E-state index in [1.165, 1.54) is 7.11 Å². The molecule has 0 radical (unpaired) electrons. The van der Waals surface area contributed by atoms with Crippen molar-refractivity contribution in [1.29, 1.82) is 0 Å². The predicted octanol–water partition coefficient (Wildman–Crippen LogP) is 2.15. The van der Waals surface area contributed by atoms with Gasteiger partial charge in [0.2, 0.25) is 0 Å². The molecule has 0 aromatic heterocycles. The first-order valence-electron chi connectivity index (χ1n) is 5.87. The summed E-state index contributed by atoms with van der Waals surface area (Å²) in [6.07, 6.45) is 1.43. The van der Waals surface area contributed by atoms with Gasteiger partial charge in [-0.15, -0.1) is 0 Å². The minimum atomic E-state index is -0.347. The van der Waals surface area contributed by atoms with Gasteiger partial charge in [-0.05, 0) is 18.1 Å². The summed E-state index contributed by atoms with van der Waals surface area (Å²) in [5.41, 5.74) is 1.01. The summed E-state index contributed by atoms with van der Waals surface area (Å²) in [6, 6.07) is 7.61. The Morgan fingerprint density at radius 2 is 1.78 bits per heavy atom. The number of methoxy groups -OCH3 is 2. The van der Waals surface area contributed by atoms with E-state index >= 15 is 0 Å². The molecule has 0 atom stereocenters. The molecule has 0 saturated heterocycles. The van der Waals surface area contributed by atoms with Crippen molar-refractivity contribution in [1.82, 2.24) is 0 Å². The highest BCUT2D eigenvalue weighted by Crippen LogP contribution is 2.19. The Morgan fingerprint density at radius 1 is 1.06 bits per heavy atom. The zero-order chi connectivity index (χ0) is 13.4. The van der Waals surface area contributed by atoms with Crippen LogP contribution >= 0.6 is 0 Å². The molecule has 0 aliphatic heterocycles. The highest BCUT2D eigenvalue weighted by Gasteiger charge is 2.09. The van der Waals surface area contributed by atoms with E-state index in [4.69, 9.17) is 4.74 Å². The van der Waals surface area contributed by atoms with Crippen molar-refractivity contribution in [3.05, 3.63) is 29.8 Å². The van der Waals surface area contributed by atoms with E-state index in [0.717, 1.165) is 11.3 Å². The average molecular weight is 250 g/mol. The first kappa shape index (κ1) is 14.2. The minimum Gasteiger partial charge on any atom is -0.496 e. The number of hydrogen-bond donors (Lipinski definition) is 0. The highest BCUT2D eigenvalue weighted by molar-refractivity contribution is 5.83. The van der Waals surface area contributed by atoms with Crippen molar-refractivity contribution in [2.24, 2.45) is 0 Å². The van der Waals surface area contributed by atoms with Crippen molar-refractivity contribution >= 4 is 11.8 Å². The number of rotatable bonds is 7. The molecule has 0 amide bonds. The molecule has 0 spiro atoms. The molecule has 4 heteroatoms. The fourth-order valence-electron chi connectivity index (χ4n) is 1.65. The Kier molecular flexibility index (Phi) is 5.91. The summed E-state index contributed by atoms with van der Waals surface area (Å²) >= 11 is 0. The maximum absolute atomic E-state index is 11.6. The van der Waals surface area contributed by atoms with E-state index in [1.54, 1.807) is 7.11 Å². The zero-order valence-electron chi connectivity index (χ0n) is 10.8. The Balaban J connectivity index is 2.40. The van der Waals surface area contributed by atoms with Gasteiger partial charge in [0.15, 0.2) is 0 Å². The van der Waals surface area contributed by atoms with Crippen LogP contribution in [0.5, 0.6) is 5.75 Å². The quantitative estimate of drug-likeness (QED) is 0.696. The van der Waals surface area contributed by atoms with Crippen LogP contribution in [0.3, 0.4) is 0 Å². The van der Waals surface area contributed by atoms with Crippen molar-refractivity contribution in [3.63, 3.8) is 0 Å². The van der Waals surface area contributed by atoms with Gasteiger partial charge in [0.05, 0.1) is 20.6 Å². The van der Waals surface area contributed by atoms with Crippen molar-refractivity contribution in [2.45, 2.75) is 25.7 Å². The molecule has 18 heavy (non-hydrogen) atoms. The molecule has 0 heterocycles. The van der Waals surface area contributed by atoms with Gasteiger partial charge in [0.1, 0.15) is 11.5 Å². The van der Waals surface area contributed by atoms with Gasteiger partial charge in [0.25, 0.3) is 0 Å². The van der Waals surface area contributed by atoms with Crippen LogP contribution in [-0.2, 0) is 20.7 Å². The molecule has 0 saturated carbocycles. The molecule has 0 aliphatic rings. The SMILES string of the molecule is COC(=O)CCC(=O)CCc1ccccc1OC. The largest absolute Gasteiger partial charge is 0.496 e. The summed E-state index contributed by atoms with van der Waals surface area (Å²) in [7, 11) is 2.93. The third kappa shape index (κ3) is 4.57. The maximum Gasteiger partial charge on any atom is 0.305 e. The monoisotopic (exact) mass is 250 g/mol. The summed E-state index contributed by atoms with van der Waals surface area (Å²) in [4.78, 5) is 22.5. The number of benzene rings is 1. The lowest BCUT2D eigenvalue weighted by Gasteiger charge is -2.07. The first-order valence-corrected chi connectivity index (χ1v) is 5.87. The third-order valence-corrected chi connectivity index (χ3v) is 2.70. The van der Waals surface area contributed by atoms with Gasteiger partial charge in [-0.1, -0.05) is 18.2 Å². The van der Waals surface area contributed by atoms with Gasteiger partial charge in [0, 0.05) is 12.8 Å². The van der Waals surface area contributed by atoms with Crippen LogP contribution in [0.1, 0.15) is 24.8 Å². The van der Waals surface area contributed by atoms with E-state index in [0.29, 0.717) is 12.8 Å². The van der Waals surface area contributed by atoms with Crippen LogP contribution < -0.4 is 4.74 Å². The van der Waals surface area contributed by atoms with Gasteiger partial charge in [-0.2, -0.15) is 0 Å². The van der Waals surface area contributed by atoms with Gasteiger partial charge >= 0.3 is 5.97 Å². The number of Topliss-reactive ketones (excluding diaryl/α,β-unsaturated/α-hetero) is 1. The number of hydrogen-bond acceptors (Lipinski definition) is 4. The molecule has 1 aromatic carbocycles. The Hall–Kier alpha value is -1.84. The number of ether oxygens (including phenoxy) is 2. The first-order chi connectivity index (χ1) is 8.67.